The molecule has 5 rings (SSSR count). The fourth-order valence-electron chi connectivity index (χ4n) is 4.59. The molecular formula is C29H30N4O5. The Hall–Kier alpha value is -4.37. The third-order valence-electron chi connectivity index (χ3n) is 6.58. The van der Waals surface area contributed by atoms with E-state index < -0.39 is 6.09 Å². The molecular weight excluding hydrogens is 484 g/mol. The maximum Gasteiger partial charge on any atom is 0.411 e. The predicted octanol–water partition coefficient (Wildman–Crippen LogP) is 5.33. The van der Waals surface area contributed by atoms with Gasteiger partial charge in [-0.15, -0.1) is 0 Å². The van der Waals surface area contributed by atoms with Gasteiger partial charge in [-0.3, -0.25) is 10.1 Å². The minimum Gasteiger partial charge on any atom is -0.496 e. The van der Waals surface area contributed by atoms with Crippen molar-refractivity contribution in [2.45, 2.75) is 18.9 Å². The number of carbonyl (C=O) groups excluding carboxylic acids is 2. The van der Waals surface area contributed by atoms with E-state index in [1.807, 2.05) is 42.6 Å². The maximum atomic E-state index is 13.1. The number of nitrogens with one attached hydrogen (secondary N) is 2. The van der Waals surface area contributed by atoms with E-state index in [9.17, 15) is 9.59 Å². The van der Waals surface area contributed by atoms with Crippen molar-refractivity contribution >= 4 is 28.7 Å². The first-order valence-corrected chi connectivity index (χ1v) is 12.5. The number of methoxy groups -OCH3 is 1. The molecule has 1 unspecified atom stereocenters. The first kappa shape index (κ1) is 25.3. The summed E-state index contributed by atoms with van der Waals surface area (Å²) >= 11 is 0. The molecule has 3 heterocycles. The van der Waals surface area contributed by atoms with Crippen LogP contribution in [0.15, 0.2) is 60.9 Å². The summed E-state index contributed by atoms with van der Waals surface area (Å²) in [7, 11) is 4.98. The lowest BCUT2D eigenvalue weighted by Crippen LogP contribution is -2.25. The molecule has 1 aliphatic rings. The van der Waals surface area contributed by atoms with Gasteiger partial charge in [0.25, 0.3) is 5.91 Å². The van der Waals surface area contributed by atoms with Crippen molar-refractivity contribution < 1.29 is 23.8 Å². The van der Waals surface area contributed by atoms with E-state index in [0.29, 0.717) is 17.9 Å². The molecule has 2 aromatic heterocycles. The van der Waals surface area contributed by atoms with Crippen LogP contribution in [0, 0.1) is 0 Å². The van der Waals surface area contributed by atoms with Crippen molar-refractivity contribution in [2.75, 3.05) is 39.7 Å². The van der Waals surface area contributed by atoms with Gasteiger partial charge in [0.15, 0.2) is 0 Å². The van der Waals surface area contributed by atoms with Crippen LogP contribution in [-0.2, 0) is 9.47 Å². The number of ether oxygens (including phenoxy) is 3. The average Bonchev–Trinajstić information content (AvgIpc) is 3.61. The van der Waals surface area contributed by atoms with Gasteiger partial charge in [0.1, 0.15) is 18.0 Å². The number of hydrogen-bond donors (Lipinski definition) is 2. The molecule has 0 aliphatic carbocycles. The summed E-state index contributed by atoms with van der Waals surface area (Å²) in [5.74, 6) is 0.520. The minimum absolute atomic E-state index is 0.0809. The van der Waals surface area contributed by atoms with Crippen LogP contribution >= 0.6 is 0 Å². The van der Waals surface area contributed by atoms with Crippen molar-refractivity contribution in [3.8, 4) is 28.0 Å². The smallest absolute Gasteiger partial charge is 0.411 e. The summed E-state index contributed by atoms with van der Waals surface area (Å²) in [5.41, 5.74) is 4.99. The Morgan fingerprint density at radius 1 is 1.13 bits per heavy atom. The summed E-state index contributed by atoms with van der Waals surface area (Å²) in [4.78, 5) is 34.8. The number of aromatic nitrogens is 2. The van der Waals surface area contributed by atoms with Crippen molar-refractivity contribution in [3.63, 3.8) is 0 Å². The van der Waals surface area contributed by atoms with Gasteiger partial charge in [0.2, 0.25) is 0 Å². The highest BCUT2D eigenvalue weighted by Gasteiger charge is 2.21. The molecule has 0 spiro atoms. The van der Waals surface area contributed by atoms with Gasteiger partial charge in [-0.05, 0) is 42.7 Å². The highest BCUT2D eigenvalue weighted by Crippen LogP contribution is 2.36. The second-order valence-electron chi connectivity index (χ2n) is 9.34. The molecule has 1 saturated heterocycles. The lowest BCUT2D eigenvalue weighted by molar-refractivity contribution is 0.0484. The zero-order valence-electron chi connectivity index (χ0n) is 21.6. The fraction of sp³-hybridized carbons (Fsp3) is 0.276. The Morgan fingerprint density at radius 3 is 2.74 bits per heavy atom. The number of aromatic amines is 1. The molecule has 2 N–H and O–H groups in total. The minimum atomic E-state index is -0.627. The van der Waals surface area contributed by atoms with Crippen LogP contribution in [0.1, 0.15) is 23.2 Å². The number of carbonyl (C=O) groups is 2. The summed E-state index contributed by atoms with van der Waals surface area (Å²) < 4.78 is 16.4. The van der Waals surface area contributed by atoms with Crippen LogP contribution in [0.25, 0.3) is 33.3 Å². The van der Waals surface area contributed by atoms with Gasteiger partial charge >= 0.3 is 6.09 Å². The predicted molar refractivity (Wildman–Crippen MR) is 145 cm³/mol. The van der Waals surface area contributed by atoms with Crippen LogP contribution in [0.2, 0.25) is 0 Å². The maximum absolute atomic E-state index is 13.1. The normalized spacial score (nSPS) is 14.9. The lowest BCUT2D eigenvalue weighted by Gasteiger charge is -2.17. The van der Waals surface area contributed by atoms with Crippen molar-refractivity contribution in [2.24, 2.45) is 0 Å². The average molecular weight is 515 g/mol. The third kappa shape index (κ3) is 5.19. The number of nitrogens with zero attached hydrogens (tertiary/aromatic N) is 2. The van der Waals surface area contributed by atoms with Crippen molar-refractivity contribution in [3.05, 3.63) is 66.5 Å². The Morgan fingerprint density at radius 2 is 1.97 bits per heavy atom. The highest BCUT2D eigenvalue weighted by molar-refractivity contribution is 6.04. The first-order valence-electron chi connectivity index (χ1n) is 12.5. The molecule has 0 saturated carbocycles. The number of fused-ring (bicyclic) bond motifs is 1. The number of rotatable bonds is 7. The quantitative estimate of drug-likeness (QED) is 0.345. The number of anilines is 1. The molecule has 4 aromatic rings. The van der Waals surface area contributed by atoms with Crippen molar-refractivity contribution in [1.29, 1.82) is 0 Å². The van der Waals surface area contributed by atoms with E-state index in [2.05, 4.69) is 15.3 Å². The molecule has 0 bridgehead atoms. The largest absolute Gasteiger partial charge is 0.496 e. The Kier molecular flexibility index (Phi) is 7.28. The van der Waals surface area contributed by atoms with E-state index in [-0.39, 0.29) is 18.6 Å². The van der Waals surface area contributed by atoms with Gasteiger partial charge in [0, 0.05) is 55.2 Å². The van der Waals surface area contributed by atoms with Crippen molar-refractivity contribution in [1.82, 2.24) is 14.9 Å². The summed E-state index contributed by atoms with van der Waals surface area (Å²) in [6, 6.07) is 15.2. The Bertz CT molecular complexity index is 1470. The molecule has 2 aromatic carbocycles. The highest BCUT2D eigenvalue weighted by atomic mass is 16.6. The Balaban J connectivity index is 1.47. The molecule has 9 nitrogen and oxygen atoms in total. The summed E-state index contributed by atoms with van der Waals surface area (Å²) in [5, 5.41) is 3.64. The number of H-pyrrole nitrogens is 1. The molecule has 196 valence electrons. The Labute approximate surface area is 220 Å². The SMILES string of the molecule is COc1ccccc1-c1c[nH]c2ncc(-c3ccc(NC(=O)OCC4CCCO4)c(C(=O)N(C)C)c3)cc12. The van der Waals surface area contributed by atoms with Gasteiger partial charge in [0.05, 0.1) is 24.5 Å². The number of hydrogen-bond acceptors (Lipinski definition) is 6. The summed E-state index contributed by atoms with van der Waals surface area (Å²) in [6.45, 7) is 0.861. The number of amides is 2. The first-order chi connectivity index (χ1) is 18.4. The van der Waals surface area contributed by atoms with E-state index in [4.69, 9.17) is 14.2 Å². The van der Waals surface area contributed by atoms with Gasteiger partial charge in [-0.1, -0.05) is 24.3 Å². The molecule has 1 aliphatic heterocycles. The van der Waals surface area contributed by atoms with Crippen LogP contribution in [0.4, 0.5) is 10.5 Å². The molecule has 0 radical (unpaired) electrons. The van der Waals surface area contributed by atoms with Crippen LogP contribution in [0.3, 0.4) is 0 Å². The van der Waals surface area contributed by atoms with Gasteiger partial charge in [-0.2, -0.15) is 0 Å². The topological polar surface area (TPSA) is 106 Å². The van der Waals surface area contributed by atoms with Crippen LogP contribution < -0.4 is 10.1 Å². The number of para-hydroxylation sites is 1. The van der Waals surface area contributed by atoms with Crippen LogP contribution in [-0.4, -0.2) is 67.4 Å². The number of benzene rings is 2. The van der Waals surface area contributed by atoms with E-state index >= 15 is 0 Å². The third-order valence-corrected chi connectivity index (χ3v) is 6.58. The molecule has 2 amide bonds. The molecule has 1 atom stereocenters. The van der Waals surface area contributed by atoms with E-state index in [0.717, 1.165) is 51.9 Å². The molecule has 9 heteroatoms. The molecule has 38 heavy (non-hydrogen) atoms. The second-order valence-corrected chi connectivity index (χ2v) is 9.34. The second kappa shape index (κ2) is 10.9. The standard InChI is InChI=1S/C29H30N4O5/c1-33(2)28(34)23-13-18(10-11-25(23)32-29(35)38-17-20-7-6-12-37-20)19-14-22-24(16-31-27(22)30-15-19)21-8-4-5-9-26(21)36-3/h4-5,8-11,13-16,20H,6-7,12,17H2,1-3H3,(H,30,31)(H,32,35). The molecule has 1 fully saturated rings. The number of pyridine rings is 1. The fourth-order valence-corrected chi connectivity index (χ4v) is 4.59. The van der Waals surface area contributed by atoms with Crippen LogP contribution in [0.5, 0.6) is 5.75 Å². The van der Waals surface area contributed by atoms with E-state index in [1.165, 1.54) is 4.90 Å². The van der Waals surface area contributed by atoms with E-state index in [1.54, 1.807) is 39.5 Å². The zero-order chi connectivity index (χ0) is 26.6. The lowest BCUT2D eigenvalue weighted by atomic mass is 9.99. The van der Waals surface area contributed by atoms with Gasteiger partial charge < -0.3 is 24.1 Å². The summed E-state index contributed by atoms with van der Waals surface area (Å²) in [6.07, 6.45) is 4.79. The van der Waals surface area contributed by atoms with Gasteiger partial charge in [-0.25, -0.2) is 9.78 Å². The monoisotopic (exact) mass is 514 g/mol. The zero-order valence-corrected chi connectivity index (χ0v) is 21.6.